The fraction of sp³-hybridized carbons (Fsp3) is 0.562. The largest absolute Gasteiger partial charge is 0.399 e. The van der Waals surface area contributed by atoms with E-state index in [9.17, 15) is 4.79 Å². The Morgan fingerprint density at radius 2 is 1.70 bits per heavy atom. The smallest absolute Gasteiger partial charge is 0.226 e. The van der Waals surface area contributed by atoms with Crippen LogP contribution in [-0.4, -0.2) is 23.9 Å². The van der Waals surface area contributed by atoms with Gasteiger partial charge in [-0.3, -0.25) is 4.79 Å². The Balaban J connectivity index is 0.00000147. The van der Waals surface area contributed by atoms with Crippen LogP contribution in [0.4, 0.5) is 5.69 Å². The second kappa shape index (κ2) is 6.04. The van der Waals surface area contributed by atoms with Gasteiger partial charge in [-0.2, -0.15) is 0 Å². The molecule has 0 aliphatic heterocycles. The van der Waals surface area contributed by atoms with Gasteiger partial charge in [0.1, 0.15) is 0 Å². The molecule has 2 aliphatic rings. The predicted octanol–water partition coefficient (Wildman–Crippen LogP) is 2.88. The quantitative estimate of drug-likeness (QED) is 0.849. The van der Waals surface area contributed by atoms with E-state index in [1.54, 1.807) is 0 Å². The predicted molar refractivity (Wildman–Crippen MR) is 83.8 cm³/mol. The monoisotopic (exact) mass is 294 g/mol. The van der Waals surface area contributed by atoms with E-state index in [2.05, 4.69) is 0 Å². The number of hydrogen-bond donors (Lipinski definition) is 1. The third kappa shape index (κ3) is 3.45. The van der Waals surface area contributed by atoms with E-state index in [4.69, 9.17) is 5.73 Å². The van der Waals surface area contributed by atoms with Crippen LogP contribution in [-0.2, 0) is 11.2 Å². The number of rotatable bonds is 5. The summed E-state index contributed by atoms with van der Waals surface area (Å²) in [6, 6.07) is 8.12. The highest BCUT2D eigenvalue weighted by Gasteiger charge is 2.44. The van der Waals surface area contributed by atoms with E-state index in [1.165, 1.54) is 25.7 Å². The number of nitrogens with two attached hydrogens (primary N) is 1. The van der Waals surface area contributed by atoms with Gasteiger partial charge in [-0.1, -0.05) is 12.1 Å². The second-order valence-electron chi connectivity index (χ2n) is 6.09. The molecule has 0 unspecified atom stereocenters. The first kappa shape index (κ1) is 15.2. The molecular weight excluding hydrogens is 272 g/mol. The van der Waals surface area contributed by atoms with Crippen LogP contribution >= 0.6 is 12.4 Å². The maximum absolute atomic E-state index is 12.4. The number of likely N-dealkylation sites (N-methyl/N-ethyl adjacent to an activating group) is 1. The molecule has 1 aromatic rings. The lowest BCUT2D eigenvalue weighted by Gasteiger charge is -2.28. The summed E-state index contributed by atoms with van der Waals surface area (Å²) in [6.07, 6.45) is 5.72. The summed E-state index contributed by atoms with van der Waals surface area (Å²) in [5.41, 5.74) is 7.47. The van der Waals surface area contributed by atoms with Gasteiger partial charge in [0.2, 0.25) is 5.91 Å². The lowest BCUT2D eigenvalue weighted by Crippen LogP contribution is -2.40. The molecule has 2 aliphatic carbocycles. The van der Waals surface area contributed by atoms with Crippen molar-refractivity contribution in [3.05, 3.63) is 29.8 Å². The van der Waals surface area contributed by atoms with Crippen LogP contribution in [0.5, 0.6) is 0 Å². The van der Waals surface area contributed by atoms with E-state index >= 15 is 0 Å². The SMILES string of the molecule is CN(C(=O)Cc1ccc(N)cc1)C(C1CC1)C1CC1.Cl. The number of halogens is 1. The normalized spacial score (nSPS) is 17.7. The van der Waals surface area contributed by atoms with Crippen LogP contribution in [0.1, 0.15) is 31.2 Å². The lowest BCUT2D eigenvalue weighted by molar-refractivity contribution is -0.132. The fourth-order valence-corrected chi connectivity index (χ4v) is 2.99. The van der Waals surface area contributed by atoms with E-state index in [1.807, 2.05) is 36.2 Å². The molecule has 4 heteroatoms. The zero-order valence-corrected chi connectivity index (χ0v) is 12.7. The van der Waals surface area contributed by atoms with Crippen molar-refractivity contribution < 1.29 is 4.79 Å². The van der Waals surface area contributed by atoms with Gasteiger partial charge in [0.25, 0.3) is 0 Å². The van der Waals surface area contributed by atoms with E-state index in [-0.39, 0.29) is 18.3 Å². The number of nitrogens with zero attached hydrogens (tertiary/aromatic N) is 1. The Labute approximate surface area is 126 Å². The van der Waals surface area contributed by atoms with Crippen molar-refractivity contribution in [1.82, 2.24) is 4.90 Å². The molecule has 1 aromatic carbocycles. The van der Waals surface area contributed by atoms with E-state index < -0.39 is 0 Å². The van der Waals surface area contributed by atoms with E-state index in [0.717, 1.165) is 23.1 Å². The minimum atomic E-state index is 0. The maximum Gasteiger partial charge on any atom is 0.226 e. The van der Waals surface area contributed by atoms with Crippen LogP contribution in [0, 0.1) is 11.8 Å². The molecule has 0 radical (unpaired) electrons. The highest BCUT2D eigenvalue weighted by Crippen LogP contribution is 2.46. The summed E-state index contributed by atoms with van der Waals surface area (Å²) in [5, 5.41) is 0. The number of carbonyl (C=O) groups is 1. The molecule has 110 valence electrons. The van der Waals surface area contributed by atoms with E-state index in [0.29, 0.717) is 12.5 Å². The third-order valence-corrected chi connectivity index (χ3v) is 4.39. The number of nitrogen functional groups attached to an aromatic ring is 1. The number of benzene rings is 1. The topological polar surface area (TPSA) is 46.3 Å². The van der Waals surface area contributed by atoms with Crippen molar-refractivity contribution in [1.29, 1.82) is 0 Å². The van der Waals surface area contributed by atoms with Gasteiger partial charge in [0.15, 0.2) is 0 Å². The van der Waals surface area contributed by atoms with Crippen molar-refractivity contribution in [2.75, 3.05) is 12.8 Å². The van der Waals surface area contributed by atoms with Crippen molar-refractivity contribution in [3.8, 4) is 0 Å². The molecule has 20 heavy (non-hydrogen) atoms. The fourth-order valence-electron chi connectivity index (χ4n) is 2.99. The molecule has 1 amide bonds. The van der Waals surface area contributed by atoms with Crippen LogP contribution in [0.3, 0.4) is 0 Å². The van der Waals surface area contributed by atoms with Gasteiger partial charge in [0.05, 0.1) is 6.42 Å². The number of carbonyl (C=O) groups excluding carboxylic acids is 1. The minimum Gasteiger partial charge on any atom is -0.399 e. The van der Waals surface area contributed by atoms with Crippen LogP contribution < -0.4 is 5.73 Å². The summed E-state index contributed by atoms with van der Waals surface area (Å²) >= 11 is 0. The van der Waals surface area contributed by atoms with Crippen LogP contribution in [0.15, 0.2) is 24.3 Å². The Kier molecular flexibility index (Phi) is 4.59. The summed E-state index contributed by atoms with van der Waals surface area (Å²) in [5.74, 6) is 1.79. The zero-order chi connectivity index (χ0) is 13.4. The Morgan fingerprint density at radius 1 is 1.20 bits per heavy atom. The number of amides is 1. The molecule has 0 aromatic heterocycles. The minimum absolute atomic E-state index is 0. The standard InChI is InChI=1S/C16H22N2O.ClH/c1-18(16(12-4-5-12)13-6-7-13)15(19)10-11-2-8-14(17)9-3-11;/h2-3,8-9,12-13,16H,4-7,10,17H2,1H3;1H. The molecular formula is C16H23ClN2O. The first-order valence-corrected chi connectivity index (χ1v) is 7.25. The van der Waals surface area contributed by atoms with Gasteiger partial charge >= 0.3 is 0 Å². The Hall–Kier alpha value is -1.22. The molecule has 3 nitrogen and oxygen atoms in total. The highest BCUT2D eigenvalue weighted by atomic mass is 35.5. The molecule has 2 N–H and O–H groups in total. The summed E-state index contributed by atoms with van der Waals surface area (Å²) in [4.78, 5) is 14.4. The number of hydrogen-bond acceptors (Lipinski definition) is 2. The van der Waals surface area contributed by atoms with Crippen molar-refractivity contribution in [2.45, 2.75) is 38.1 Å². The highest BCUT2D eigenvalue weighted by molar-refractivity contribution is 5.85. The summed E-state index contributed by atoms with van der Waals surface area (Å²) < 4.78 is 0. The Bertz CT molecular complexity index is 454. The molecule has 0 atom stereocenters. The lowest BCUT2D eigenvalue weighted by atomic mass is 10.0. The molecule has 0 spiro atoms. The molecule has 2 fully saturated rings. The third-order valence-electron chi connectivity index (χ3n) is 4.39. The van der Waals surface area contributed by atoms with Crippen molar-refractivity contribution in [3.63, 3.8) is 0 Å². The summed E-state index contributed by atoms with van der Waals surface area (Å²) in [6.45, 7) is 0. The Morgan fingerprint density at radius 3 is 2.15 bits per heavy atom. The number of anilines is 1. The first-order chi connectivity index (χ1) is 9.15. The van der Waals surface area contributed by atoms with Gasteiger partial charge < -0.3 is 10.6 Å². The average Bonchev–Trinajstić information content (AvgIpc) is 3.25. The molecule has 2 saturated carbocycles. The molecule has 0 saturated heterocycles. The first-order valence-electron chi connectivity index (χ1n) is 7.25. The maximum atomic E-state index is 12.4. The van der Waals surface area contributed by atoms with Gasteiger partial charge in [-0.15, -0.1) is 12.4 Å². The van der Waals surface area contributed by atoms with Crippen LogP contribution in [0.2, 0.25) is 0 Å². The second-order valence-corrected chi connectivity index (χ2v) is 6.09. The molecule has 0 heterocycles. The molecule has 3 rings (SSSR count). The zero-order valence-electron chi connectivity index (χ0n) is 11.9. The van der Waals surface area contributed by atoms with Gasteiger partial charge in [0, 0.05) is 18.8 Å². The van der Waals surface area contributed by atoms with Crippen LogP contribution in [0.25, 0.3) is 0 Å². The average molecular weight is 295 g/mol. The van der Waals surface area contributed by atoms with Crippen molar-refractivity contribution in [2.24, 2.45) is 11.8 Å². The summed E-state index contributed by atoms with van der Waals surface area (Å²) in [7, 11) is 1.99. The molecule has 0 bridgehead atoms. The van der Waals surface area contributed by atoms with Gasteiger partial charge in [-0.25, -0.2) is 0 Å². The van der Waals surface area contributed by atoms with Gasteiger partial charge in [-0.05, 0) is 55.2 Å². The van der Waals surface area contributed by atoms with Crippen molar-refractivity contribution >= 4 is 24.0 Å².